The molecule has 0 amide bonds. The fraction of sp³-hybridized carbons (Fsp3) is 0.391. The number of hydrogen-bond donors (Lipinski definition) is 1. The van der Waals surface area contributed by atoms with Crippen LogP contribution in [0.3, 0.4) is 0 Å². The van der Waals surface area contributed by atoms with Gasteiger partial charge in [-0.1, -0.05) is 36.4 Å². The second-order valence-electron chi connectivity index (χ2n) is 7.45. The Hall–Kier alpha value is -2.17. The van der Waals surface area contributed by atoms with E-state index in [-0.39, 0.29) is 5.82 Å². The van der Waals surface area contributed by atoms with Crippen LogP contribution in [-0.2, 0) is 13.0 Å². The minimum Gasteiger partial charge on any atom is -0.340 e. The van der Waals surface area contributed by atoms with Crippen LogP contribution in [0.5, 0.6) is 0 Å². The van der Waals surface area contributed by atoms with E-state index in [1.54, 1.807) is 12.1 Å². The molecule has 0 radical (unpaired) electrons. The number of nitrogens with one attached hydrogen (secondary N) is 1. The second-order valence-corrected chi connectivity index (χ2v) is 7.45. The molecule has 142 valence electrons. The fourth-order valence-electron chi connectivity index (χ4n) is 4.23. The summed E-state index contributed by atoms with van der Waals surface area (Å²) in [6.07, 6.45) is 2.23. The number of hydrogen-bond acceptors (Lipinski definition) is 2. The molecule has 1 aliphatic rings. The van der Waals surface area contributed by atoms with Gasteiger partial charge in [-0.25, -0.2) is 4.39 Å². The molecule has 1 fully saturated rings. The van der Waals surface area contributed by atoms with E-state index in [0.29, 0.717) is 6.54 Å². The van der Waals surface area contributed by atoms with E-state index in [4.69, 9.17) is 0 Å². The lowest BCUT2D eigenvalue weighted by Gasteiger charge is -2.27. The summed E-state index contributed by atoms with van der Waals surface area (Å²) >= 11 is 0. The lowest BCUT2D eigenvalue weighted by Crippen LogP contribution is -2.43. The molecule has 2 heterocycles. The molecule has 0 aliphatic carbocycles. The van der Waals surface area contributed by atoms with Crippen molar-refractivity contribution in [3.63, 3.8) is 0 Å². The number of halogens is 1. The van der Waals surface area contributed by atoms with Crippen LogP contribution >= 0.6 is 0 Å². The molecule has 27 heavy (non-hydrogen) atoms. The van der Waals surface area contributed by atoms with Crippen LogP contribution in [0.15, 0.2) is 48.5 Å². The Morgan fingerprint density at radius 3 is 2.56 bits per heavy atom. The maximum Gasteiger partial charge on any atom is 0.128 e. The Labute approximate surface area is 160 Å². The lowest BCUT2D eigenvalue weighted by molar-refractivity contribution is 0.238. The van der Waals surface area contributed by atoms with Gasteiger partial charge in [0.05, 0.1) is 6.54 Å². The van der Waals surface area contributed by atoms with Gasteiger partial charge in [0.25, 0.3) is 0 Å². The number of benzene rings is 2. The van der Waals surface area contributed by atoms with Gasteiger partial charge in [0.1, 0.15) is 5.82 Å². The molecule has 0 unspecified atom stereocenters. The standard InChI is InChI=1S/C23H28FN3/c1-18-20(9-6-14-26-15-12-25-13-16-26)21-8-3-5-11-23(21)27(18)17-19-7-2-4-10-22(19)24/h2-5,7-8,10-11,25H,6,9,12-17H2,1H3. The van der Waals surface area contributed by atoms with Gasteiger partial charge in [0.2, 0.25) is 0 Å². The molecule has 0 bridgehead atoms. The van der Waals surface area contributed by atoms with Crippen LogP contribution in [0, 0.1) is 12.7 Å². The van der Waals surface area contributed by atoms with Crippen molar-refractivity contribution in [1.29, 1.82) is 0 Å². The zero-order valence-electron chi connectivity index (χ0n) is 16.0. The van der Waals surface area contributed by atoms with Crippen molar-refractivity contribution in [1.82, 2.24) is 14.8 Å². The molecule has 3 aromatic rings. The summed E-state index contributed by atoms with van der Waals surface area (Å²) in [6.45, 7) is 8.40. The number of aromatic nitrogens is 1. The molecule has 1 N–H and O–H groups in total. The summed E-state index contributed by atoms with van der Waals surface area (Å²) in [4.78, 5) is 2.55. The highest BCUT2D eigenvalue weighted by atomic mass is 19.1. The van der Waals surface area contributed by atoms with Crippen LogP contribution in [0.4, 0.5) is 4.39 Å². The van der Waals surface area contributed by atoms with E-state index in [2.05, 4.69) is 46.0 Å². The van der Waals surface area contributed by atoms with Crippen molar-refractivity contribution in [2.45, 2.75) is 26.3 Å². The molecule has 4 rings (SSSR count). The van der Waals surface area contributed by atoms with Gasteiger partial charge < -0.3 is 14.8 Å². The summed E-state index contributed by atoms with van der Waals surface area (Å²) in [5, 5.41) is 4.72. The fourth-order valence-corrected chi connectivity index (χ4v) is 4.23. The van der Waals surface area contributed by atoms with Gasteiger partial charge >= 0.3 is 0 Å². The first-order valence-corrected chi connectivity index (χ1v) is 9.97. The van der Waals surface area contributed by atoms with E-state index >= 15 is 0 Å². The summed E-state index contributed by atoms with van der Waals surface area (Å²) in [7, 11) is 0. The summed E-state index contributed by atoms with van der Waals surface area (Å²) in [5.41, 5.74) is 4.63. The molecule has 4 heteroatoms. The number of para-hydroxylation sites is 1. The zero-order valence-corrected chi connectivity index (χ0v) is 16.0. The highest BCUT2D eigenvalue weighted by Gasteiger charge is 2.16. The monoisotopic (exact) mass is 365 g/mol. The highest BCUT2D eigenvalue weighted by molar-refractivity contribution is 5.85. The smallest absolute Gasteiger partial charge is 0.128 e. The number of nitrogens with zero attached hydrogens (tertiary/aromatic N) is 2. The molecule has 3 nitrogen and oxygen atoms in total. The van der Waals surface area contributed by atoms with Gasteiger partial charge in [0.15, 0.2) is 0 Å². The molecular weight excluding hydrogens is 337 g/mol. The minimum atomic E-state index is -0.130. The molecule has 1 aromatic heterocycles. The van der Waals surface area contributed by atoms with Crippen LogP contribution in [0.1, 0.15) is 23.2 Å². The molecule has 1 aliphatic heterocycles. The molecule has 0 atom stereocenters. The summed E-state index contributed by atoms with van der Waals surface area (Å²) < 4.78 is 16.5. The van der Waals surface area contributed by atoms with Crippen LogP contribution in [-0.4, -0.2) is 42.2 Å². The van der Waals surface area contributed by atoms with E-state index in [9.17, 15) is 4.39 Å². The van der Waals surface area contributed by atoms with E-state index in [1.807, 2.05) is 12.1 Å². The van der Waals surface area contributed by atoms with Gasteiger partial charge in [-0.05, 0) is 44.0 Å². The highest BCUT2D eigenvalue weighted by Crippen LogP contribution is 2.28. The minimum absolute atomic E-state index is 0.130. The Bertz CT molecular complexity index is 909. The largest absolute Gasteiger partial charge is 0.340 e. The maximum absolute atomic E-state index is 14.2. The predicted octanol–water partition coefficient (Wildman–Crippen LogP) is 3.97. The van der Waals surface area contributed by atoms with Gasteiger partial charge in [0, 0.05) is 48.3 Å². The Balaban J connectivity index is 1.57. The summed E-state index contributed by atoms with van der Waals surface area (Å²) in [5.74, 6) is -0.130. The average molecular weight is 365 g/mol. The first-order valence-electron chi connectivity index (χ1n) is 9.97. The Morgan fingerprint density at radius 1 is 1.00 bits per heavy atom. The lowest BCUT2D eigenvalue weighted by atomic mass is 10.1. The molecular formula is C23H28FN3. The van der Waals surface area contributed by atoms with Crippen molar-refractivity contribution < 1.29 is 4.39 Å². The van der Waals surface area contributed by atoms with Crippen molar-refractivity contribution in [3.05, 3.63) is 71.2 Å². The van der Waals surface area contributed by atoms with Crippen LogP contribution in [0.25, 0.3) is 10.9 Å². The zero-order chi connectivity index (χ0) is 18.6. The van der Waals surface area contributed by atoms with E-state index in [0.717, 1.165) is 51.1 Å². The Morgan fingerprint density at radius 2 is 1.74 bits per heavy atom. The van der Waals surface area contributed by atoms with Gasteiger partial charge in [-0.3, -0.25) is 0 Å². The van der Waals surface area contributed by atoms with Crippen LogP contribution < -0.4 is 5.32 Å². The van der Waals surface area contributed by atoms with Gasteiger partial charge in [-0.15, -0.1) is 0 Å². The van der Waals surface area contributed by atoms with Crippen LogP contribution in [0.2, 0.25) is 0 Å². The molecule has 1 saturated heterocycles. The van der Waals surface area contributed by atoms with E-state index < -0.39 is 0 Å². The number of piperazine rings is 1. The molecule has 0 saturated carbocycles. The van der Waals surface area contributed by atoms with Crippen molar-refractivity contribution in [3.8, 4) is 0 Å². The predicted molar refractivity (Wildman–Crippen MR) is 110 cm³/mol. The van der Waals surface area contributed by atoms with Crippen molar-refractivity contribution in [2.75, 3.05) is 32.7 Å². The van der Waals surface area contributed by atoms with Crippen molar-refractivity contribution in [2.24, 2.45) is 0 Å². The van der Waals surface area contributed by atoms with E-state index in [1.165, 1.54) is 22.2 Å². The van der Waals surface area contributed by atoms with Gasteiger partial charge in [-0.2, -0.15) is 0 Å². The third-order valence-electron chi connectivity index (χ3n) is 5.76. The third kappa shape index (κ3) is 3.92. The quantitative estimate of drug-likeness (QED) is 0.713. The average Bonchev–Trinajstić information content (AvgIpc) is 2.96. The van der Waals surface area contributed by atoms with Crippen molar-refractivity contribution >= 4 is 10.9 Å². The number of aryl methyl sites for hydroxylation is 1. The summed E-state index contributed by atoms with van der Waals surface area (Å²) in [6, 6.07) is 15.6. The number of rotatable bonds is 6. The topological polar surface area (TPSA) is 20.2 Å². The molecule has 2 aromatic carbocycles. The number of fused-ring (bicyclic) bond motifs is 1. The Kier molecular flexibility index (Phi) is 5.55. The molecule has 0 spiro atoms. The first kappa shape index (κ1) is 18.2. The normalized spacial score (nSPS) is 15.5. The SMILES string of the molecule is Cc1c(CCCN2CCNCC2)c2ccccc2n1Cc1ccccc1F. The maximum atomic E-state index is 14.2. The first-order chi connectivity index (χ1) is 13.2. The third-order valence-corrected chi connectivity index (χ3v) is 5.76. The second kappa shape index (κ2) is 8.24.